The maximum absolute atomic E-state index is 6.58. The standard InChI is InChI=1S/C30H33Cl2N5/c1-22-28(32)30(37-29(36-22)26-18-17-25(31)20-34-26)35-21-27(24-15-9-5-10-16-24)33-19-11-3-2-6-12-23-13-7-4-8-14-23/h4-5,7-10,13-18,20,27,33H,2-3,6,11-12,19,21H2,1H3,(H,35,36,37)/t27-/m0/s1. The third-order valence-corrected chi connectivity index (χ3v) is 6.95. The summed E-state index contributed by atoms with van der Waals surface area (Å²) >= 11 is 12.6. The Morgan fingerprint density at radius 3 is 2.27 bits per heavy atom. The van der Waals surface area contributed by atoms with E-state index in [1.165, 1.54) is 30.4 Å². The number of nitrogens with zero attached hydrogens (tertiary/aromatic N) is 3. The zero-order valence-electron chi connectivity index (χ0n) is 21.1. The fourth-order valence-corrected chi connectivity index (χ4v) is 4.48. The van der Waals surface area contributed by atoms with E-state index >= 15 is 0 Å². The van der Waals surface area contributed by atoms with Crippen LogP contribution in [0.1, 0.15) is 48.5 Å². The Bertz CT molecular complexity index is 1230. The molecule has 2 aromatic heterocycles. The van der Waals surface area contributed by atoms with Gasteiger partial charge in [0.15, 0.2) is 5.82 Å². The normalized spacial score (nSPS) is 11.9. The second kappa shape index (κ2) is 14.1. The molecule has 1 atom stereocenters. The van der Waals surface area contributed by atoms with E-state index in [9.17, 15) is 0 Å². The Hall–Kier alpha value is -2.99. The molecule has 7 heteroatoms. The van der Waals surface area contributed by atoms with Gasteiger partial charge >= 0.3 is 0 Å². The third-order valence-electron chi connectivity index (χ3n) is 6.27. The first kappa shape index (κ1) is 27.1. The number of hydrogen-bond donors (Lipinski definition) is 2. The van der Waals surface area contributed by atoms with Crippen LogP contribution in [0.25, 0.3) is 11.5 Å². The van der Waals surface area contributed by atoms with Gasteiger partial charge in [-0.05, 0) is 56.0 Å². The SMILES string of the molecule is Cc1nc(-c2ccc(Cl)cn2)nc(NC[C@H](NCCCCCCc2ccccc2)c2ccccc2)c1Cl. The monoisotopic (exact) mass is 533 g/mol. The average Bonchev–Trinajstić information content (AvgIpc) is 2.93. The topological polar surface area (TPSA) is 62.7 Å². The zero-order valence-corrected chi connectivity index (χ0v) is 22.6. The van der Waals surface area contributed by atoms with Crippen LogP contribution in [-0.4, -0.2) is 28.0 Å². The van der Waals surface area contributed by atoms with Crippen LogP contribution in [0.15, 0.2) is 79.0 Å². The molecule has 0 aliphatic carbocycles. The van der Waals surface area contributed by atoms with E-state index in [0.29, 0.717) is 39.6 Å². The van der Waals surface area contributed by atoms with Gasteiger partial charge in [-0.2, -0.15) is 0 Å². The van der Waals surface area contributed by atoms with Crippen LogP contribution in [0.4, 0.5) is 5.82 Å². The molecule has 0 saturated heterocycles. The molecule has 0 aliphatic heterocycles. The summed E-state index contributed by atoms with van der Waals surface area (Å²) in [5, 5.41) is 8.27. The lowest BCUT2D eigenvalue weighted by atomic mass is 10.1. The number of pyridine rings is 1. The van der Waals surface area contributed by atoms with Gasteiger partial charge in [-0.3, -0.25) is 4.98 Å². The summed E-state index contributed by atoms with van der Waals surface area (Å²) in [7, 11) is 0. The minimum absolute atomic E-state index is 0.119. The van der Waals surface area contributed by atoms with Crippen LogP contribution in [0, 0.1) is 6.92 Å². The Labute approximate surface area is 229 Å². The summed E-state index contributed by atoms with van der Waals surface area (Å²) in [5.41, 5.74) is 3.99. The number of anilines is 1. The fraction of sp³-hybridized carbons (Fsp3) is 0.300. The molecule has 5 nitrogen and oxygen atoms in total. The zero-order chi connectivity index (χ0) is 25.9. The molecule has 0 fully saturated rings. The third kappa shape index (κ3) is 8.26. The van der Waals surface area contributed by atoms with Crippen molar-refractivity contribution in [2.45, 2.75) is 45.1 Å². The first-order valence-corrected chi connectivity index (χ1v) is 13.6. The van der Waals surface area contributed by atoms with Gasteiger partial charge in [-0.15, -0.1) is 0 Å². The summed E-state index contributed by atoms with van der Waals surface area (Å²) in [4.78, 5) is 13.5. The summed E-state index contributed by atoms with van der Waals surface area (Å²) in [6.45, 7) is 3.46. The summed E-state index contributed by atoms with van der Waals surface area (Å²) in [5.74, 6) is 1.12. The predicted octanol–water partition coefficient (Wildman–Crippen LogP) is 7.70. The highest BCUT2D eigenvalue weighted by molar-refractivity contribution is 6.33. The number of hydrogen-bond acceptors (Lipinski definition) is 5. The highest BCUT2D eigenvalue weighted by Crippen LogP contribution is 2.27. The number of aromatic nitrogens is 3. The van der Waals surface area contributed by atoms with E-state index in [4.69, 9.17) is 23.2 Å². The number of halogens is 2. The van der Waals surface area contributed by atoms with E-state index in [0.717, 1.165) is 19.4 Å². The number of nitrogens with one attached hydrogen (secondary N) is 2. The molecule has 2 aromatic carbocycles. The lowest BCUT2D eigenvalue weighted by Crippen LogP contribution is -2.29. The Kier molecular flexibility index (Phi) is 10.3. The van der Waals surface area contributed by atoms with Crippen molar-refractivity contribution in [3.05, 3.63) is 106 Å². The van der Waals surface area contributed by atoms with Crippen molar-refractivity contribution in [1.82, 2.24) is 20.3 Å². The molecule has 0 amide bonds. The van der Waals surface area contributed by atoms with Crippen molar-refractivity contribution in [2.24, 2.45) is 0 Å². The fourth-order valence-electron chi connectivity index (χ4n) is 4.22. The Morgan fingerprint density at radius 2 is 1.54 bits per heavy atom. The van der Waals surface area contributed by atoms with Crippen molar-refractivity contribution in [2.75, 3.05) is 18.4 Å². The van der Waals surface area contributed by atoms with E-state index in [1.807, 2.05) is 19.1 Å². The summed E-state index contributed by atoms with van der Waals surface area (Å²) in [6.07, 6.45) is 7.55. The Morgan fingerprint density at radius 1 is 0.811 bits per heavy atom. The molecule has 0 saturated carbocycles. The lowest BCUT2D eigenvalue weighted by Gasteiger charge is -2.21. The molecule has 4 rings (SSSR count). The maximum Gasteiger partial charge on any atom is 0.180 e. The molecule has 0 unspecified atom stereocenters. The minimum atomic E-state index is 0.119. The van der Waals surface area contributed by atoms with Crippen molar-refractivity contribution in [1.29, 1.82) is 0 Å². The molecular formula is C30H33Cl2N5. The maximum atomic E-state index is 6.58. The Balaban J connectivity index is 1.33. The van der Waals surface area contributed by atoms with Gasteiger partial charge in [-0.25, -0.2) is 9.97 Å². The molecule has 192 valence electrons. The van der Waals surface area contributed by atoms with E-state index < -0.39 is 0 Å². The number of benzene rings is 2. The molecule has 0 spiro atoms. The van der Waals surface area contributed by atoms with Gasteiger partial charge in [0, 0.05) is 18.8 Å². The van der Waals surface area contributed by atoms with Crippen molar-refractivity contribution >= 4 is 29.0 Å². The average molecular weight is 535 g/mol. The molecule has 0 radical (unpaired) electrons. The van der Waals surface area contributed by atoms with Crippen LogP contribution < -0.4 is 10.6 Å². The van der Waals surface area contributed by atoms with Gasteiger partial charge < -0.3 is 10.6 Å². The second-order valence-electron chi connectivity index (χ2n) is 9.10. The number of unbranched alkanes of at least 4 members (excludes halogenated alkanes) is 3. The minimum Gasteiger partial charge on any atom is -0.367 e. The molecule has 37 heavy (non-hydrogen) atoms. The highest BCUT2D eigenvalue weighted by atomic mass is 35.5. The van der Waals surface area contributed by atoms with E-state index in [-0.39, 0.29) is 6.04 Å². The van der Waals surface area contributed by atoms with Gasteiger partial charge in [0.1, 0.15) is 16.5 Å². The molecule has 0 aliphatic rings. The van der Waals surface area contributed by atoms with Gasteiger partial charge in [-0.1, -0.05) is 96.7 Å². The van der Waals surface area contributed by atoms with E-state index in [1.54, 1.807) is 12.3 Å². The van der Waals surface area contributed by atoms with Crippen LogP contribution in [0.3, 0.4) is 0 Å². The van der Waals surface area contributed by atoms with Crippen molar-refractivity contribution in [3.8, 4) is 11.5 Å². The predicted molar refractivity (Wildman–Crippen MR) is 154 cm³/mol. The van der Waals surface area contributed by atoms with Crippen LogP contribution in [-0.2, 0) is 6.42 Å². The number of rotatable bonds is 13. The van der Waals surface area contributed by atoms with Crippen molar-refractivity contribution in [3.63, 3.8) is 0 Å². The smallest absolute Gasteiger partial charge is 0.180 e. The van der Waals surface area contributed by atoms with E-state index in [2.05, 4.69) is 80.2 Å². The largest absolute Gasteiger partial charge is 0.367 e. The molecule has 0 bridgehead atoms. The van der Waals surface area contributed by atoms with Gasteiger partial charge in [0.25, 0.3) is 0 Å². The molecule has 4 aromatic rings. The summed E-state index contributed by atoms with van der Waals surface area (Å²) < 4.78 is 0. The van der Waals surface area contributed by atoms with Gasteiger partial charge in [0.2, 0.25) is 0 Å². The van der Waals surface area contributed by atoms with Crippen LogP contribution in [0.2, 0.25) is 10.0 Å². The van der Waals surface area contributed by atoms with Crippen LogP contribution in [0.5, 0.6) is 0 Å². The quantitative estimate of drug-likeness (QED) is 0.172. The lowest BCUT2D eigenvalue weighted by molar-refractivity contribution is 0.519. The summed E-state index contributed by atoms with van der Waals surface area (Å²) in [6, 6.07) is 24.9. The second-order valence-corrected chi connectivity index (χ2v) is 9.92. The van der Waals surface area contributed by atoms with Crippen molar-refractivity contribution < 1.29 is 0 Å². The molecular weight excluding hydrogens is 501 g/mol. The van der Waals surface area contributed by atoms with Crippen LogP contribution >= 0.6 is 23.2 Å². The first-order chi connectivity index (χ1) is 18.1. The molecule has 2 heterocycles. The van der Waals surface area contributed by atoms with Gasteiger partial charge in [0.05, 0.1) is 10.7 Å². The highest BCUT2D eigenvalue weighted by Gasteiger charge is 2.15. The first-order valence-electron chi connectivity index (χ1n) is 12.8. The number of aryl methyl sites for hydroxylation is 2. The molecule has 2 N–H and O–H groups in total.